The summed E-state index contributed by atoms with van der Waals surface area (Å²) in [5.74, 6) is -7.93. The number of hydrogen-bond donors (Lipinski definition) is 12. The van der Waals surface area contributed by atoms with Crippen LogP contribution in [0.1, 0.15) is 147 Å². The molecule has 12 N–H and O–H groups in total. The number of carbonyl (C=O) groups is 10. The number of carbonyl (C=O) groups excluding carboxylic acids is 9. The number of ether oxygens (including phenoxy) is 2. The van der Waals surface area contributed by atoms with Crippen LogP contribution in [0.25, 0.3) is 0 Å². The van der Waals surface area contributed by atoms with Gasteiger partial charge in [-0.15, -0.1) is 0 Å². The van der Waals surface area contributed by atoms with Crippen molar-refractivity contribution in [3.8, 4) is 11.5 Å². The van der Waals surface area contributed by atoms with Crippen LogP contribution in [0.3, 0.4) is 0 Å². The number of para-hydroxylation sites is 1. The smallest absolute Gasteiger partial charge is 0.330 e. The molecule has 2 aromatic carbocycles. The van der Waals surface area contributed by atoms with Crippen molar-refractivity contribution in [3.05, 3.63) is 52.6 Å². The SMILES string of the molecule is CC[C@@]1(C)Oc2cccc3c2N[C@@H]2Oc4c5cc6cc4[C@]32C[C@H](NC(=O)[C@H](C)NC(=O)CNC(=O)[C@@H](NC(=O)[C@@H](NC(=O)[C@H](C)NC(=O)CCCCCCCCC(C)C)C[C@@H](C)C5)[C@@H]6O)C(=O)NCC(=O)NCC(=O)N[C@@H]1C(=O)O. The standard InChI is InChI=1S/C56H78N10O14/c1-8-55(7)47(53(77)78)64-42(70)26-57-40(68)25-58-50(74)37-24-56-34-17-15-18-38(80-55)43(34)66-54(56)79-46-33-20-29(4)21-36(62-48(72)30(5)60-39(67)19-14-12-10-9-11-13-16-28(2)3)51(75)65-44(45(71)32(22-33)23-35(46)56)52(76)59-27-41(69)61-31(6)49(73)63-37/h15,17-18,22-23,28-31,36-37,44-45,47,54,66,71H,8-14,16,19-21,24-27H2,1-7H3,(H,57,68)(H,58,74)(H,59,76)(H,60,67)(H,61,69)(H,62,72)(H,63,73)(H,64,70)(H,65,75)(H,77,78)/t29-,30-,31-,36-,37-,44-,45+,47+,54+,55+,56-/m0/s1. The number of aliphatic carboxylic acids is 1. The van der Waals surface area contributed by atoms with Gasteiger partial charge < -0.3 is 72.9 Å². The van der Waals surface area contributed by atoms with Crippen LogP contribution in [0.5, 0.6) is 11.5 Å². The van der Waals surface area contributed by atoms with Crippen LogP contribution in [0, 0.1) is 11.8 Å². The molecule has 5 aliphatic rings. The number of unbranched alkanes of at least 4 members (excludes halogenated alkanes) is 5. The highest BCUT2D eigenvalue weighted by Gasteiger charge is 2.59. The fourth-order valence-electron chi connectivity index (χ4n) is 11.2. The van der Waals surface area contributed by atoms with Crippen molar-refractivity contribution in [1.82, 2.24) is 47.9 Å². The number of anilines is 1. The maximum atomic E-state index is 14.6. The number of aliphatic hydroxyl groups is 1. The van der Waals surface area contributed by atoms with Gasteiger partial charge in [0.2, 0.25) is 53.2 Å². The Morgan fingerprint density at radius 1 is 0.775 bits per heavy atom. The molecule has 0 saturated carbocycles. The van der Waals surface area contributed by atoms with E-state index in [-0.39, 0.29) is 60.8 Å². The van der Waals surface area contributed by atoms with E-state index in [1.807, 2.05) is 6.92 Å². The summed E-state index contributed by atoms with van der Waals surface area (Å²) in [6.07, 6.45) is 4.12. The van der Waals surface area contributed by atoms with Gasteiger partial charge in [-0.05, 0) is 99.6 Å². The second kappa shape index (κ2) is 25.7. The Hall–Kier alpha value is -7.50. The molecule has 0 saturated heterocycles. The van der Waals surface area contributed by atoms with Crippen molar-refractivity contribution in [3.63, 3.8) is 0 Å². The predicted octanol–water partition coefficient (Wildman–Crippen LogP) is 0.856. The lowest BCUT2D eigenvalue weighted by molar-refractivity contribution is -0.148. The minimum atomic E-state index is -1.86. The Kier molecular flexibility index (Phi) is 19.4. The van der Waals surface area contributed by atoms with Gasteiger partial charge in [0.25, 0.3) is 0 Å². The molecule has 80 heavy (non-hydrogen) atoms. The van der Waals surface area contributed by atoms with Crippen molar-refractivity contribution in [2.75, 3.05) is 25.0 Å². The number of hydrogen-bond acceptors (Lipinski definition) is 14. The molecule has 0 aliphatic carbocycles. The molecule has 0 fully saturated rings. The Labute approximate surface area is 464 Å². The second-order valence-corrected chi connectivity index (χ2v) is 22.6. The quantitative estimate of drug-likeness (QED) is 0.117. The summed E-state index contributed by atoms with van der Waals surface area (Å²) >= 11 is 0. The van der Waals surface area contributed by atoms with Gasteiger partial charge in [0, 0.05) is 12.0 Å². The summed E-state index contributed by atoms with van der Waals surface area (Å²) < 4.78 is 13.6. The first-order valence-electron chi connectivity index (χ1n) is 27.9. The second-order valence-electron chi connectivity index (χ2n) is 22.6. The summed E-state index contributed by atoms with van der Waals surface area (Å²) in [6, 6.07) is -0.580. The maximum Gasteiger partial charge on any atom is 0.330 e. The Morgan fingerprint density at radius 2 is 1.45 bits per heavy atom. The summed E-state index contributed by atoms with van der Waals surface area (Å²) in [5, 5.41) is 49.6. The van der Waals surface area contributed by atoms with Crippen LogP contribution >= 0.6 is 0 Å². The average molecular weight is 1120 g/mol. The molecule has 24 nitrogen and oxygen atoms in total. The number of amides is 9. The predicted molar refractivity (Wildman–Crippen MR) is 289 cm³/mol. The zero-order chi connectivity index (χ0) is 58.2. The van der Waals surface area contributed by atoms with Gasteiger partial charge in [-0.25, -0.2) is 4.79 Å². The van der Waals surface area contributed by atoms with Crippen LogP contribution in [-0.4, -0.2) is 137 Å². The highest BCUT2D eigenvalue weighted by atomic mass is 16.5. The van der Waals surface area contributed by atoms with Crippen molar-refractivity contribution < 1.29 is 67.6 Å². The summed E-state index contributed by atoms with van der Waals surface area (Å²) in [6.45, 7) is 10.2. The zero-order valence-electron chi connectivity index (χ0n) is 46.6. The third-order valence-corrected chi connectivity index (χ3v) is 15.8. The number of carboxylic acid groups (broad SMARTS) is 1. The van der Waals surface area contributed by atoms with Gasteiger partial charge in [-0.1, -0.05) is 78.4 Å². The van der Waals surface area contributed by atoms with E-state index in [9.17, 15) is 58.2 Å². The molecule has 24 heteroatoms. The summed E-state index contributed by atoms with van der Waals surface area (Å²) in [7, 11) is 0. The van der Waals surface area contributed by atoms with Crippen molar-refractivity contribution >= 4 is 64.8 Å². The Balaban J connectivity index is 1.30. The Morgan fingerprint density at radius 3 is 2.16 bits per heavy atom. The maximum absolute atomic E-state index is 14.6. The van der Waals surface area contributed by atoms with Crippen LogP contribution in [-0.2, 0) is 59.8 Å². The number of benzene rings is 2. The molecule has 1 spiro atoms. The first kappa shape index (κ1) is 60.1. The van der Waals surface area contributed by atoms with E-state index in [2.05, 4.69) is 67.0 Å². The minimum absolute atomic E-state index is 0.0225. The van der Waals surface area contributed by atoms with Crippen LogP contribution < -0.4 is 62.6 Å². The lowest BCUT2D eigenvalue weighted by atomic mass is 9.70. The van der Waals surface area contributed by atoms with E-state index in [1.54, 1.807) is 37.3 Å². The van der Waals surface area contributed by atoms with Crippen molar-refractivity contribution in [1.29, 1.82) is 0 Å². The summed E-state index contributed by atoms with van der Waals surface area (Å²) in [5.41, 5.74) is -1.56. The van der Waals surface area contributed by atoms with E-state index >= 15 is 0 Å². The number of fused-ring (bicyclic) bond motifs is 4. The van der Waals surface area contributed by atoms with Gasteiger partial charge in [0.1, 0.15) is 53.4 Å². The van der Waals surface area contributed by atoms with E-state index in [0.717, 1.165) is 25.7 Å². The molecule has 9 amide bonds. The fourth-order valence-corrected chi connectivity index (χ4v) is 11.2. The van der Waals surface area contributed by atoms with Gasteiger partial charge in [-0.3, -0.25) is 43.2 Å². The van der Waals surface area contributed by atoms with Gasteiger partial charge in [-0.2, -0.15) is 0 Å². The van der Waals surface area contributed by atoms with Gasteiger partial charge in [0.15, 0.2) is 12.3 Å². The van der Waals surface area contributed by atoms with Crippen LogP contribution in [0.4, 0.5) is 5.69 Å². The summed E-state index contributed by atoms with van der Waals surface area (Å²) in [4.78, 5) is 137. The first-order chi connectivity index (χ1) is 37.9. The molecule has 0 unspecified atom stereocenters. The molecule has 0 radical (unpaired) electrons. The van der Waals surface area contributed by atoms with E-state index in [4.69, 9.17) is 9.47 Å². The van der Waals surface area contributed by atoms with Crippen molar-refractivity contribution in [2.45, 2.75) is 185 Å². The zero-order valence-corrected chi connectivity index (χ0v) is 46.6. The van der Waals surface area contributed by atoms with Crippen LogP contribution in [0.15, 0.2) is 30.3 Å². The molecule has 11 atom stereocenters. The van der Waals surface area contributed by atoms with Crippen molar-refractivity contribution in [2.24, 2.45) is 11.8 Å². The highest BCUT2D eigenvalue weighted by Crippen LogP contribution is 2.60. The Bertz CT molecular complexity index is 2740. The molecular formula is C56H78N10O14. The average Bonchev–Trinajstić information content (AvgIpc) is 3.95. The van der Waals surface area contributed by atoms with Gasteiger partial charge >= 0.3 is 5.97 Å². The third-order valence-electron chi connectivity index (χ3n) is 15.8. The first-order valence-corrected chi connectivity index (χ1v) is 27.9. The lowest BCUT2D eigenvalue weighted by Gasteiger charge is -2.36. The number of rotatable bonds is 14. The lowest BCUT2D eigenvalue weighted by Crippen LogP contribution is -2.59. The monoisotopic (exact) mass is 1110 g/mol. The van der Waals surface area contributed by atoms with Crippen LogP contribution in [0.2, 0.25) is 0 Å². The molecule has 9 bridgehead atoms. The molecule has 5 heterocycles. The van der Waals surface area contributed by atoms with Gasteiger partial charge in [0.05, 0.1) is 30.7 Å². The van der Waals surface area contributed by atoms with E-state index in [0.29, 0.717) is 29.0 Å². The minimum Gasteiger partial charge on any atom is -0.483 e. The normalized spacial score (nSPS) is 28.4. The fraction of sp³-hybridized carbons (Fsp3) is 0.607. The number of nitrogens with one attached hydrogen (secondary N) is 10. The molecule has 2 aromatic rings. The largest absolute Gasteiger partial charge is 0.483 e. The molecule has 0 aromatic heterocycles. The number of aliphatic hydroxyl groups excluding tert-OH is 1. The molecule has 436 valence electrons. The third kappa shape index (κ3) is 13.7. The van der Waals surface area contributed by atoms with E-state index < -0.39 is 138 Å². The number of carboxylic acids is 1. The van der Waals surface area contributed by atoms with E-state index in [1.165, 1.54) is 33.6 Å². The topological polar surface area (TPSA) is 350 Å². The molecule has 5 aliphatic heterocycles. The highest BCUT2D eigenvalue weighted by molar-refractivity contribution is 5.97. The molecular weight excluding hydrogens is 1040 g/mol. The molecule has 7 rings (SSSR count).